The predicted molar refractivity (Wildman–Crippen MR) is 48.2 cm³/mol. The van der Waals surface area contributed by atoms with Gasteiger partial charge >= 0.3 is 0 Å². The summed E-state index contributed by atoms with van der Waals surface area (Å²) in [4.78, 5) is 8.10. The molecule has 0 aromatic carbocycles. The highest BCUT2D eigenvalue weighted by Crippen LogP contribution is 2.17. The third kappa shape index (κ3) is 1.09. The van der Waals surface area contributed by atoms with Gasteiger partial charge in [-0.25, -0.2) is 9.97 Å². The normalized spacial score (nSPS) is 10.9. The summed E-state index contributed by atoms with van der Waals surface area (Å²) in [6, 6.07) is 0. The van der Waals surface area contributed by atoms with Gasteiger partial charge in [0.05, 0.1) is 10.7 Å². The van der Waals surface area contributed by atoms with Crippen molar-refractivity contribution in [3.63, 3.8) is 0 Å². The highest BCUT2D eigenvalue weighted by Gasteiger charge is 2.06. The number of fused-ring (bicyclic) bond motifs is 1. The molecule has 0 amide bonds. The van der Waals surface area contributed by atoms with Crippen molar-refractivity contribution in [2.45, 2.75) is 6.92 Å². The molecule has 0 unspecified atom stereocenters. The van der Waals surface area contributed by atoms with E-state index in [2.05, 4.69) is 31.0 Å². The summed E-state index contributed by atoms with van der Waals surface area (Å²) in [5.74, 6) is 0.633. The van der Waals surface area contributed by atoms with E-state index in [4.69, 9.17) is 11.6 Å². The molecule has 0 aliphatic heterocycles. The zero-order valence-corrected chi connectivity index (χ0v) is 8.46. The molecule has 2 aromatic heterocycles. The smallest absolute Gasteiger partial charge is 0.213 e. The lowest BCUT2D eigenvalue weighted by Crippen LogP contribution is -1.98. The van der Waals surface area contributed by atoms with Crippen molar-refractivity contribution in [3.05, 3.63) is 21.8 Å². The van der Waals surface area contributed by atoms with Gasteiger partial charge in [-0.3, -0.25) is 0 Å². The van der Waals surface area contributed by atoms with Crippen molar-refractivity contribution in [2.75, 3.05) is 0 Å². The second-order valence-corrected chi connectivity index (χ2v) is 3.46. The first-order valence-corrected chi connectivity index (χ1v) is 4.39. The lowest BCUT2D eigenvalue weighted by atomic mass is 10.6. The molecule has 2 heterocycles. The molecule has 0 fully saturated rings. The maximum absolute atomic E-state index is 5.80. The maximum atomic E-state index is 5.80. The Bertz CT molecular complexity index is 438. The van der Waals surface area contributed by atoms with E-state index < -0.39 is 0 Å². The minimum atomic E-state index is 0.322. The van der Waals surface area contributed by atoms with Crippen LogP contribution in [0.2, 0.25) is 5.28 Å². The van der Waals surface area contributed by atoms with Crippen LogP contribution in [0.5, 0.6) is 0 Å². The van der Waals surface area contributed by atoms with Crippen LogP contribution in [0.4, 0.5) is 0 Å². The van der Waals surface area contributed by atoms with Crippen molar-refractivity contribution >= 4 is 33.2 Å². The molecule has 6 heteroatoms. The molecule has 0 aliphatic rings. The Balaban J connectivity index is 2.92. The molecule has 0 bridgehead atoms. The molecule has 2 rings (SSSR count). The average molecular weight is 247 g/mol. The molecule has 0 saturated heterocycles. The fourth-order valence-corrected chi connectivity index (χ4v) is 1.51. The molecule has 0 saturated carbocycles. The van der Waals surface area contributed by atoms with E-state index in [9.17, 15) is 0 Å². The summed E-state index contributed by atoms with van der Waals surface area (Å²) in [6.07, 6.45) is 1.63. The third-order valence-corrected chi connectivity index (χ3v) is 2.20. The Hall–Kier alpha value is -0.680. The van der Waals surface area contributed by atoms with E-state index in [1.807, 2.05) is 0 Å². The van der Waals surface area contributed by atoms with Crippen LogP contribution in [-0.2, 0) is 0 Å². The molecule has 12 heavy (non-hydrogen) atoms. The maximum Gasteiger partial charge on any atom is 0.227 e. The molecule has 0 N–H and O–H groups in total. The van der Waals surface area contributed by atoms with Crippen LogP contribution >= 0.6 is 27.5 Å². The van der Waals surface area contributed by atoms with Crippen molar-refractivity contribution < 1.29 is 0 Å². The minimum Gasteiger partial charge on any atom is -0.213 e. The first-order chi connectivity index (χ1) is 5.68. The van der Waals surface area contributed by atoms with Gasteiger partial charge < -0.3 is 0 Å². The SMILES string of the molecule is Cc1nc(Cl)n2ncc(Br)c2n1. The van der Waals surface area contributed by atoms with Crippen molar-refractivity contribution in [1.29, 1.82) is 0 Å². The second kappa shape index (κ2) is 2.67. The van der Waals surface area contributed by atoms with Gasteiger partial charge in [-0.2, -0.15) is 9.61 Å². The molecule has 0 spiro atoms. The van der Waals surface area contributed by atoms with Crippen molar-refractivity contribution in [1.82, 2.24) is 19.6 Å². The fraction of sp³-hybridized carbons (Fsp3) is 0.167. The molecular formula is C6H4BrClN4. The first-order valence-electron chi connectivity index (χ1n) is 3.22. The standard InChI is InChI=1S/C6H4BrClN4/c1-3-10-5-4(7)2-9-12(5)6(8)11-3/h2H,1H3. The largest absolute Gasteiger partial charge is 0.227 e. The van der Waals surface area contributed by atoms with Crippen LogP contribution in [0, 0.1) is 6.92 Å². The van der Waals surface area contributed by atoms with Crippen LogP contribution < -0.4 is 0 Å². The summed E-state index contributed by atoms with van der Waals surface area (Å²) in [7, 11) is 0. The Morgan fingerprint density at radius 3 is 3.00 bits per heavy atom. The molecule has 4 nitrogen and oxygen atoms in total. The van der Waals surface area contributed by atoms with Crippen LogP contribution in [0.25, 0.3) is 5.65 Å². The summed E-state index contributed by atoms with van der Waals surface area (Å²) < 4.78 is 2.29. The van der Waals surface area contributed by atoms with Gasteiger partial charge in [0.2, 0.25) is 5.28 Å². The predicted octanol–water partition coefficient (Wildman–Crippen LogP) is 1.85. The molecule has 62 valence electrons. The third-order valence-electron chi connectivity index (χ3n) is 1.40. The lowest BCUT2D eigenvalue weighted by molar-refractivity contribution is 0.870. The minimum absolute atomic E-state index is 0.322. The number of rotatable bonds is 0. The Morgan fingerprint density at radius 1 is 1.50 bits per heavy atom. The molecular weight excluding hydrogens is 243 g/mol. The van der Waals surface area contributed by atoms with Gasteiger partial charge in [0, 0.05) is 0 Å². The van der Waals surface area contributed by atoms with E-state index in [0.29, 0.717) is 16.8 Å². The number of hydrogen-bond acceptors (Lipinski definition) is 3. The first kappa shape index (κ1) is 7.94. The lowest BCUT2D eigenvalue weighted by Gasteiger charge is -1.96. The quantitative estimate of drug-likeness (QED) is 0.713. The fourth-order valence-electron chi connectivity index (χ4n) is 0.917. The molecule has 0 aliphatic carbocycles. The number of hydrogen-bond donors (Lipinski definition) is 0. The zero-order valence-electron chi connectivity index (χ0n) is 6.12. The molecule has 0 atom stereocenters. The zero-order chi connectivity index (χ0) is 8.72. The Kier molecular flexibility index (Phi) is 1.77. The topological polar surface area (TPSA) is 43.1 Å². The highest BCUT2D eigenvalue weighted by molar-refractivity contribution is 9.10. The van der Waals surface area contributed by atoms with Gasteiger partial charge in [0.1, 0.15) is 5.82 Å². The summed E-state index contributed by atoms with van der Waals surface area (Å²) in [6.45, 7) is 1.78. The van der Waals surface area contributed by atoms with Gasteiger partial charge in [-0.1, -0.05) is 0 Å². The Labute approximate surface area is 81.7 Å². The van der Waals surface area contributed by atoms with Crippen LogP contribution in [0.3, 0.4) is 0 Å². The van der Waals surface area contributed by atoms with Gasteiger partial charge in [-0.05, 0) is 34.5 Å². The number of halogens is 2. The summed E-state index contributed by atoms with van der Waals surface area (Å²) in [5.41, 5.74) is 0.688. The molecule has 0 radical (unpaired) electrons. The van der Waals surface area contributed by atoms with Crippen molar-refractivity contribution in [2.24, 2.45) is 0 Å². The average Bonchev–Trinajstić information content (AvgIpc) is 2.33. The van der Waals surface area contributed by atoms with E-state index in [-0.39, 0.29) is 0 Å². The van der Waals surface area contributed by atoms with E-state index >= 15 is 0 Å². The monoisotopic (exact) mass is 246 g/mol. The van der Waals surface area contributed by atoms with E-state index in [1.165, 1.54) is 4.52 Å². The van der Waals surface area contributed by atoms with Gasteiger partial charge in [0.25, 0.3) is 0 Å². The van der Waals surface area contributed by atoms with Crippen LogP contribution in [0.15, 0.2) is 10.7 Å². The number of aromatic nitrogens is 4. The van der Waals surface area contributed by atoms with Crippen LogP contribution in [0.1, 0.15) is 5.82 Å². The molecule has 2 aromatic rings. The van der Waals surface area contributed by atoms with E-state index in [1.54, 1.807) is 13.1 Å². The van der Waals surface area contributed by atoms with Gasteiger partial charge in [0.15, 0.2) is 5.65 Å². The van der Waals surface area contributed by atoms with E-state index in [0.717, 1.165) is 4.47 Å². The summed E-state index contributed by atoms with van der Waals surface area (Å²) >= 11 is 9.11. The van der Waals surface area contributed by atoms with Crippen molar-refractivity contribution in [3.8, 4) is 0 Å². The second-order valence-electron chi connectivity index (χ2n) is 2.27. The number of aryl methyl sites for hydroxylation is 1. The highest BCUT2D eigenvalue weighted by atomic mass is 79.9. The van der Waals surface area contributed by atoms with Gasteiger partial charge in [-0.15, -0.1) is 0 Å². The van der Waals surface area contributed by atoms with Crippen LogP contribution in [-0.4, -0.2) is 19.6 Å². The summed E-state index contributed by atoms with van der Waals surface area (Å²) in [5, 5.41) is 4.29. The number of nitrogens with zero attached hydrogens (tertiary/aromatic N) is 4. The Morgan fingerprint density at radius 2 is 2.25 bits per heavy atom.